The monoisotopic (exact) mass is 213 g/mol. The van der Waals surface area contributed by atoms with Crippen molar-refractivity contribution in [3.05, 3.63) is 12.2 Å². The summed E-state index contributed by atoms with van der Waals surface area (Å²) in [6.07, 6.45) is 1.61. The van der Waals surface area contributed by atoms with E-state index in [-0.39, 0.29) is 18.1 Å². The smallest absolute Gasteiger partial charge is 0.352 e. The highest BCUT2D eigenvalue weighted by Gasteiger charge is 2.19. The maximum absolute atomic E-state index is 11.6. The third-order valence-corrected chi connectivity index (χ3v) is 2.05. The van der Waals surface area contributed by atoms with Gasteiger partial charge in [-0.3, -0.25) is 0 Å². The van der Waals surface area contributed by atoms with E-state index >= 15 is 0 Å². The minimum absolute atomic E-state index is 0.184. The Morgan fingerprint density at radius 1 is 1.27 bits per heavy atom. The second-order valence-corrected chi connectivity index (χ2v) is 4.28. The maximum atomic E-state index is 11.6. The van der Waals surface area contributed by atoms with Gasteiger partial charge in [0.1, 0.15) is 0 Å². The third-order valence-electron chi connectivity index (χ3n) is 2.05. The first-order valence-electron chi connectivity index (χ1n) is 5.58. The summed E-state index contributed by atoms with van der Waals surface area (Å²) in [4.78, 5) is 16.9. The van der Waals surface area contributed by atoms with Crippen molar-refractivity contribution < 1.29 is 9.63 Å². The first-order valence-corrected chi connectivity index (χ1v) is 5.58. The summed E-state index contributed by atoms with van der Waals surface area (Å²) in [7, 11) is 0. The van der Waals surface area contributed by atoms with Crippen LogP contribution in [-0.4, -0.2) is 23.1 Å². The van der Waals surface area contributed by atoms with E-state index < -0.39 is 0 Å². The molecule has 0 aromatic heterocycles. The molecule has 0 aliphatic rings. The average Bonchev–Trinajstić information content (AvgIpc) is 2.12. The van der Waals surface area contributed by atoms with Crippen LogP contribution in [0.3, 0.4) is 0 Å². The van der Waals surface area contributed by atoms with Crippen LogP contribution in [0.2, 0.25) is 0 Å². The fraction of sp³-hybridized carbons (Fsp3) is 0.750. The van der Waals surface area contributed by atoms with E-state index in [9.17, 15) is 4.79 Å². The number of nitrogens with zero attached hydrogens (tertiary/aromatic N) is 1. The van der Waals surface area contributed by atoms with Crippen molar-refractivity contribution >= 4 is 5.97 Å². The van der Waals surface area contributed by atoms with Crippen LogP contribution < -0.4 is 0 Å². The van der Waals surface area contributed by atoms with Crippen molar-refractivity contribution in [2.45, 2.75) is 59.5 Å². The molecule has 0 rings (SSSR count). The molecular weight excluding hydrogens is 190 g/mol. The van der Waals surface area contributed by atoms with Crippen molar-refractivity contribution in [2.75, 3.05) is 0 Å². The SMILES string of the molecule is C=C(CCC)C(=O)ON(C(C)C)C(C)C. The van der Waals surface area contributed by atoms with Gasteiger partial charge in [-0.25, -0.2) is 4.79 Å². The fourth-order valence-corrected chi connectivity index (χ4v) is 1.37. The van der Waals surface area contributed by atoms with E-state index in [1.165, 1.54) is 0 Å². The summed E-state index contributed by atoms with van der Waals surface area (Å²) in [6.45, 7) is 13.7. The lowest BCUT2D eigenvalue weighted by Crippen LogP contribution is -2.39. The Morgan fingerprint density at radius 3 is 2.07 bits per heavy atom. The highest BCUT2D eigenvalue weighted by Crippen LogP contribution is 2.10. The standard InChI is InChI=1S/C12H23NO2/c1-7-8-11(6)12(14)15-13(9(2)3)10(4)5/h9-10H,6-8H2,1-5H3. The predicted molar refractivity (Wildman–Crippen MR) is 62.3 cm³/mol. The summed E-state index contributed by atoms with van der Waals surface area (Å²) in [5, 5.41) is 1.70. The van der Waals surface area contributed by atoms with Crippen molar-refractivity contribution in [2.24, 2.45) is 0 Å². The zero-order valence-corrected chi connectivity index (χ0v) is 10.5. The van der Waals surface area contributed by atoms with Crippen molar-refractivity contribution in [1.29, 1.82) is 0 Å². The Balaban J connectivity index is 4.29. The Kier molecular flexibility index (Phi) is 6.25. The van der Waals surface area contributed by atoms with E-state index in [1.807, 2.05) is 34.6 Å². The number of hydrogen-bond acceptors (Lipinski definition) is 3. The summed E-state index contributed by atoms with van der Waals surface area (Å²) < 4.78 is 0. The van der Waals surface area contributed by atoms with Crippen LogP contribution in [-0.2, 0) is 9.63 Å². The molecule has 0 bridgehead atoms. The van der Waals surface area contributed by atoms with Crippen molar-refractivity contribution in [1.82, 2.24) is 5.06 Å². The maximum Gasteiger partial charge on any atom is 0.352 e. The second-order valence-electron chi connectivity index (χ2n) is 4.28. The fourth-order valence-electron chi connectivity index (χ4n) is 1.37. The molecule has 0 amide bonds. The van der Waals surface area contributed by atoms with Crippen molar-refractivity contribution in [3.8, 4) is 0 Å². The van der Waals surface area contributed by atoms with E-state index in [0.29, 0.717) is 12.0 Å². The molecule has 3 heteroatoms. The van der Waals surface area contributed by atoms with Gasteiger partial charge in [0.25, 0.3) is 0 Å². The van der Waals surface area contributed by atoms with Gasteiger partial charge in [-0.1, -0.05) is 19.9 Å². The predicted octanol–water partition coefficient (Wildman–Crippen LogP) is 2.92. The van der Waals surface area contributed by atoms with Crippen LogP contribution in [0, 0.1) is 0 Å². The van der Waals surface area contributed by atoms with Crippen LogP contribution in [0.5, 0.6) is 0 Å². The zero-order valence-electron chi connectivity index (χ0n) is 10.5. The molecule has 0 N–H and O–H groups in total. The molecule has 0 spiro atoms. The van der Waals surface area contributed by atoms with Gasteiger partial charge in [-0.2, -0.15) is 0 Å². The number of hydrogen-bond donors (Lipinski definition) is 0. The Bertz CT molecular complexity index is 214. The largest absolute Gasteiger partial charge is 0.364 e. The normalized spacial score (nSPS) is 11.2. The van der Waals surface area contributed by atoms with Gasteiger partial charge in [-0.05, 0) is 34.1 Å². The molecule has 0 fully saturated rings. The number of hydroxylamine groups is 2. The van der Waals surface area contributed by atoms with Crippen LogP contribution in [0.15, 0.2) is 12.2 Å². The van der Waals surface area contributed by atoms with Crippen LogP contribution in [0.1, 0.15) is 47.5 Å². The Labute approximate surface area is 93.1 Å². The summed E-state index contributed by atoms with van der Waals surface area (Å²) >= 11 is 0. The average molecular weight is 213 g/mol. The van der Waals surface area contributed by atoms with Crippen LogP contribution >= 0.6 is 0 Å². The molecule has 0 saturated carbocycles. The lowest BCUT2D eigenvalue weighted by Gasteiger charge is -2.28. The lowest BCUT2D eigenvalue weighted by molar-refractivity contribution is -0.204. The van der Waals surface area contributed by atoms with E-state index in [1.54, 1.807) is 5.06 Å². The van der Waals surface area contributed by atoms with E-state index in [0.717, 1.165) is 6.42 Å². The van der Waals surface area contributed by atoms with Crippen molar-refractivity contribution in [3.63, 3.8) is 0 Å². The van der Waals surface area contributed by atoms with Gasteiger partial charge < -0.3 is 4.84 Å². The first kappa shape index (κ1) is 14.2. The molecule has 0 heterocycles. The molecule has 0 saturated heterocycles. The Morgan fingerprint density at radius 2 is 1.73 bits per heavy atom. The topological polar surface area (TPSA) is 29.5 Å². The van der Waals surface area contributed by atoms with Gasteiger partial charge in [-0.15, -0.1) is 5.06 Å². The minimum Gasteiger partial charge on any atom is -0.364 e. The zero-order chi connectivity index (χ0) is 12.0. The molecule has 0 radical (unpaired) electrons. The molecule has 0 aromatic carbocycles. The lowest BCUT2D eigenvalue weighted by atomic mass is 10.2. The summed E-state index contributed by atoms with van der Waals surface area (Å²) in [5.41, 5.74) is 0.545. The molecule has 3 nitrogen and oxygen atoms in total. The number of carbonyl (C=O) groups is 1. The molecule has 0 aliphatic heterocycles. The quantitative estimate of drug-likeness (QED) is 0.502. The molecule has 88 valence electrons. The summed E-state index contributed by atoms with van der Waals surface area (Å²) in [5.74, 6) is -0.306. The second kappa shape index (κ2) is 6.62. The van der Waals surface area contributed by atoms with E-state index in [4.69, 9.17) is 4.84 Å². The van der Waals surface area contributed by atoms with E-state index in [2.05, 4.69) is 6.58 Å². The van der Waals surface area contributed by atoms with Gasteiger partial charge in [0.15, 0.2) is 0 Å². The van der Waals surface area contributed by atoms with Gasteiger partial charge >= 0.3 is 5.97 Å². The molecular formula is C12H23NO2. The molecule has 0 unspecified atom stereocenters. The molecule has 15 heavy (non-hydrogen) atoms. The summed E-state index contributed by atoms with van der Waals surface area (Å²) in [6, 6.07) is 0.367. The molecule has 0 aromatic rings. The number of carbonyl (C=O) groups excluding carboxylic acids is 1. The van der Waals surface area contributed by atoms with Gasteiger partial charge in [0.05, 0.1) is 0 Å². The highest BCUT2D eigenvalue weighted by atomic mass is 16.7. The third kappa shape index (κ3) is 4.98. The highest BCUT2D eigenvalue weighted by molar-refractivity contribution is 5.87. The molecule has 0 aliphatic carbocycles. The Hall–Kier alpha value is -0.830. The molecule has 0 atom stereocenters. The first-order chi connectivity index (χ1) is 6.90. The van der Waals surface area contributed by atoms with Gasteiger partial charge in [0.2, 0.25) is 0 Å². The van der Waals surface area contributed by atoms with Gasteiger partial charge in [0, 0.05) is 17.7 Å². The number of rotatable bonds is 6. The van der Waals surface area contributed by atoms with Crippen LogP contribution in [0.4, 0.5) is 0 Å². The minimum atomic E-state index is -0.306. The van der Waals surface area contributed by atoms with Crippen LogP contribution in [0.25, 0.3) is 0 Å².